The first-order chi connectivity index (χ1) is 10.3. The molecule has 3 rings (SSSR count). The van der Waals surface area contributed by atoms with Gasteiger partial charge < -0.3 is 10.4 Å². The van der Waals surface area contributed by atoms with Crippen molar-refractivity contribution in [1.29, 1.82) is 0 Å². The molecular formula is C18H19NO2. The van der Waals surface area contributed by atoms with E-state index in [-0.39, 0.29) is 11.8 Å². The summed E-state index contributed by atoms with van der Waals surface area (Å²) >= 11 is 0. The number of carbonyl (C=O) groups excluding carboxylic acids is 1. The summed E-state index contributed by atoms with van der Waals surface area (Å²) in [6.45, 7) is 0.587. The molecule has 0 saturated carbocycles. The maximum Gasteiger partial charge on any atom is 0.164 e. The van der Waals surface area contributed by atoms with E-state index in [0.29, 0.717) is 13.0 Å². The molecule has 0 amide bonds. The molecule has 2 atom stereocenters. The molecule has 2 unspecified atom stereocenters. The number of aliphatic hydroxyl groups is 1. The zero-order chi connectivity index (χ0) is 14.7. The summed E-state index contributed by atoms with van der Waals surface area (Å²) in [6, 6.07) is 17.3. The lowest BCUT2D eigenvalue weighted by molar-refractivity contribution is 0.0973. The monoisotopic (exact) mass is 281 g/mol. The van der Waals surface area contributed by atoms with E-state index in [1.165, 1.54) is 5.56 Å². The summed E-state index contributed by atoms with van der Waals surface area (Å²) in [7, 11) is 0. The van der Waals surface area contributed by atoms with Gasteiger partial charge in [-0.2, -0.15) is 0 Å². The van der Waals surface area contributed by atoms with Crippen LogP contribution in [-0.2, 0) is 6.42 Å². The number of hydrogen-bond acceptors (Lipinski definition) is 3. The number of ketones is 1. The minimum absolute atomic E-state index is 0.00553. The average molecular weight is 281 g/mol. The van der Waals surface area contributed by atoms with Gasteiger partial charge in [0, 0.05) is 24.6 Å². The van der Waals surface area contributed by atoms with E-state index in [0.717, 1.165) is 17.5 Å². The van der Waals surface area contributed by atoms with Crippen molar-refractivity contribution in [1.82, 2.24) is 5.32 Å². The van der Waals surface area contributed by atoms with Crippen LogP contribution in [0.4, 0.5) is 0 Å². The zero-order valence-electron chi connectivity index (χ0n) is 11.8. The van der Waals surface area contributed by atoms with Crippen LogP contribution in [0.5, 0.6) is 0 Å². The Balaban J connectivity index is 1.52. The SMILES string of the molecule is O=C(CCNC1Cc2ccccc2C1O)c1ccccc1. The van der Waals surface area contributed by atoms with Gasteiger partial charge in [-0.25, -0.2) is 0 Å². The van der Waals surface area contributed by atoms with Crippen molar-refractivity contribution < 1.29 is 9.90 Å². The van der Waals surface area contributed by atoms with E-state index >= 15 is 0 Å². The van der Waals surface area contributed by atoms with E-state index < -0.39 is 6.10 Å². The highest BCUT2D eigenvalue weighted by atomic mass is 16.3. The van der Waals surface area contributed by atoms with Crippen molar-refractivity contribution in [2.75, 3.05) is 6.54 Å². The Hall–Kier alpha value is -1.97. The molecule has 108 valence electrons. The first-order valence-corrected chi connectivity index (χ1v) is 7.33. The number of benzene rings is 2. The Bertz CT molecular complexity index is 624. The van der Waals surface area contributed by atoms with Crippen LogP contribution in [0.3, 0.4) is 0 Å². The highest BCUT2D eigenvalue weighted by Gasteiger charge is 2.29. The van der Waals surface area contributed by atoms with E-state index in [1.807, 2.05) is 48.5 Å². The Labute approximate surface area is 124 Å². The molecular weight excluding hydrogens is 262 g/mol. The average Bonchev–Trinajstić information content (AvgIpc) is 2.85. The number of fused-ring (bicyclic) bond motifs is 1. The van der Waals surface area contributed by atoms with Crippen LogP contribution in [0.1, 0.15) is 34.0 Å². The number of carbonyl (C=O) groups is 1. The number of nitrogens with one attached hydrogen (secondary N) is 1. The fourth-order valence-electron chi connectivity index (χ4n) is 2.90. The largest absolute Gasteiger partial charge is 0.387 e. The molecule has 3 nitrogen and oxygen atoms in total. The van der Waals surface area contributed by atoms with Gasteiger partial charge in [-0.15, -0.1) is 0 Å². The van der Waals surface area contributed by atoms with Crippen molar-refractivity contribution in [3.8, 4) is 0 Å². The van der Waals surface area contributed by atoms with Crippen molar-refractivity contribution in [2.45, 2.75) is 25.0 Å². The van der Waals surface area contributed by atoms with Gasteiger partial charge in [-0.3, -0.25) is 4.79 Å². The molecule has 0 radical (unpaired) electrons. The minimum Gasteiger partial charge on any atom is -0.387 e. The van der Waals surface area contributed by atoms with Gasteiger partial charge >= 0.3 is 0 Å². The molecule has 21 heavy (non-hydrogen) atoms. The topological polar surface area (TPSA) is 49.3 Å². The lowest BCUT2D eigenvalue weighted by Crippen LogP contribution is -2.34. The maximum absolute atomic E-state index is 12.0. The van der Waals surface area contributed by atoms with E-state index in [4.69, 9.17) is 0 Å². The smallest absolute Gasteiger partial charge is 0.164 e. The predicted octanol–water partition coefficient (Wildman–Crippen LogP) is 2.51. The van der Waals surface area contributed by atoms with Crippen LogP contribution in [0, 0.1) is 0 Å². The molecule has 0 saturated heterocycles. The Morgan fingerprint density at radius 1 is 1.10 bits per heavy atom. The third-order valence-corrected chi connectivity index (χ3v) is 4.05. The Kier molecular flexibility index (Phi) is 4.13. The molecule has 0 spiro atoms. The number of aliphatic hydroxyl groups excluding tert-OH is 1. The van der Waals surface area contributed by atoms with E-state index in [9.17, 15) is 9.90 Å². The quantitative estimate of drug-likeness (QED) is 0.828. The van der Waals surface area contributed by atoms with Gasteiger partial charge in [-0.05, 0) is 17.5 Å². The molecule has 2 aromatic carbocycles. The van der Waals surface area contributed by atoms with Crippen LogP contribution in [0.15, 0.2) is 54.6 Å². The second kappa shape index (κ2) is 6.20. The normalized spacial score (nSPS) is 20.2. The Morgan fingerprint density at radius 3 is 2.57 bits per heavy atom. The standard InChI is InChI=1S/C18H19NO2/c20-17(13-6-2-1-3-7-13)10-11-19-16-12-14-8-4-5-9-15(14)18(16)21/h1-9,16,18-19,21H,10-12H2. The summed E-state index contributed by atoms with van der Waals surface area (Å²) < 4.78 is 0. The molecule has 0 bridgehead atoms. The molecule has 0 fully saturated rings. The summed E-state index contributed by atoms with van der Waals surface area (Å²) in [4.78, 5) is 12.0. The highest BCUT2D eigenvalue weighted by Crippen LogP contribution is 2.30. The molecule has 3 heteroatoms. The maximum atomic E-state index is 12.0. The van der Waals surface area contributed by atoms with Gasteiger partial charge in [0.2, 0.25) is 0 Å². The lowest BCUT2D eigenvalue weighted by atomic mass is 10.1. The van der Waals surface area contributed by atoms with Crippen molar-refractivity contribution in [3.05, 3.63) is 71.3 Å². The second-order valence-corrected chi connectivity index (χ2v) is 5.45. The Morgan fingerprint density at radius 2 is 1.81 bits per heavy atom. The van der Waals surface area contributed by atoms with Crippen molar-refractivity contribution in [2.24, 2.45) is 0 Å². The van der Waals surface area contributed by atoms with Crippen LogP contribution in [0.2, 0.25) is 0 Å². The third kappa shape index (κ3) is 3.04. The molecule has 0 heterocycles. The summed E-state index contributed by atoms with van der Waals surface area (Å²) in [6.07, 6.45) is 0.786. The van der Waals surface area contributed by atoms with Crippen LogP contribution < -0.4 is 5.32 Å². The third-order valence-electron chi connectivity index (χ3n) is 4.05. The number of rotatable bonds is 5. The molecule has 0 aliphatic heterocycles. The summed E-state index contributed by atoms with van der Waals surface area (Å²) in [5.74, 6) is 0.133. The van der Waals surface area contributed by atoms with Crippen molar-refractivity contribution >= 4 is 5.78 Å². The molecule has 1 aliphatic carbocycles. The van der Waals surface area contributed by atoms with Gasteiger partial charge in [-0.1, -0.05) is 54.6 Å². The fourth-order valence-corrected chi connectivity index (χ4v) is 2.90. The summed E-state index contributed by atoms with van der Waals surface area (Å²) in [5.41, 5.74) is 2.94. The van der Waals surface area contributed by atoms with E-state index in [2.05, 4.69) is 11.4 Å². The van der Waals surface area contributed by atoms with Gasteiger partial charge in [0.25, 0.3) is 0 Å². The molecule has 2 aromatic rings. The number of hydrogen-bond donors (Lipinski definition) is 2. The fraction of sp³-hybridized carbons (Fsp3) is 0.278. The number of Topliss-reactive ketones (excluding diaryl/α,β-unsaturated/α-hetero) is 1. The molecule has 0 aromatic heterocycles. The van der Waals surface area contributed by atoms with E-state index in [1.54, 1.807) is 0 Å². The highest BCUT2D eigenvalue weighted by molar-refractivity contribution is 5.96. The van der Waals surface area contributed by atoms with Gasteiger partial charge in [0.1, 0.15) is 0 Å². The van der Waals surface area contributed by atoms with Crippen molar-refractivity contribution in [3.63, 3.8) is 0 Å². The predicted molar refractivity (Wildman–Crippen MR) is 82.3 cm³/mol. The van der Waals surface area contributed by atoms with Gasteiger partial charge in [0.05, 0.1) is 6.10 Å². The minimum atomic E-state index is -0.479. The first-order valence-electron chi connectivity index (χ1n) is 7.33. The lowest BCUT2D eigenvalue weighted by Gasteiger charge is -2.16. The zero-order valence-corrected chi connectivity index (χ0v) is 11.8. The second-order valence-electron chi connectivity index (χ2n) is 5.45. The van der Waals surface area contributed by atoms with Crippen LogP contribution >= 0.6 is 0 Å². The summed E-state index contributed by atoms with van der Waals surface area (Å²) in [5, 5.41) is 13.6. The van der Waals surface area contributed by atoms with Crippen LogP contribution in [-0.4, -0.2) is 23.5 Å². The first kappa shape index (κ1) is 14.0. The van der Waals surface area contributed by atoms with Crippen LogP contribution in [0.25, 0.3) is 0 Å². The molecule has 2 N–H and O–H groups in total. The molecule has 1 aliphatic rings. The van der Waals surface area contributed by atoms with Gasteiger partial charge in [0.15, 0.2) is 5.78 Å².